The van der Waals surface area contributed by atoms with Gasteiger partial charge in [0.25, 0.3) is 0 Å². The van der Waals surface area contributed by atoms with Gasteiger partial charge in [0.05, 0.1) is 25.5 Å². The lowest BCUT2D eigenvalue weighted by atomic mass is 10.1. The molecule has 30 heavy (non-hydrogen) atoms. The normalized spacial score (nSPS) is 13.7. The van der Waals surface area contributed by atoms with Gasteiger partial charge in [-0.3, -0.25) is 4.79 Å². The summed E-state index contributed by atoms with van der Waals surface area (Å²) < 4.78 is 29.8. The third-order valence-corrected chi connectivity index (χ3v) is 5.84. The van der Waals surface area contributed by atoms with Crippen LogP contribution >= 0.6 is 15.9 Å². The van der Waals surface area contributed by atoms with Crippen LogP contribution in [-0.2, 0) is 16.1 Å². The van der Waals surface area contributed by atoms with E-state index in [1.165, 1.54) is 38.5 Å². The molecule has 1 fully saturated rings. The van der Waals surface area contributed by atoms with Crippen molar-refractivity contribution < 1.29 is 28.2 Å². The number of carbonyl (C=O) groups excluding carboxylic acids is 2. The fourth-order valence-electron chi connectivity index (χ4n) is 3.43. The molecular formula is C22H23BrFNO5. The van der Waals surface area contributed by atoms with E-state index in [4.69, 9.17) is 14.2 Å². The first-order valence-electron chi connectivity index (χ1n) is 9.61. The van der Waals surface area contributed by atoms with Crippen LogP contribution in [-0.4, -0.2) is 26.1 Å². The standard InChI is InChI=1S/C22H23BrFNO5/c1-28-19-10-16(22(27)30-12-14-7-8-15(24)9-17(14)23)18(11-20(19)29-2)25-21(26)13-5-3-4-6-13/h7-11,13H,3-6,12H2,1-2H3,(H,25,26). The summed E-state index contributed by atoms with van der Waals surface area (Å²) in [6.07, 6.45) is 3.70. The van der Waals surface area contributed by atoms with Crippen molar-refractivity contribution in [1.82, 2.24) is 0 Å². The lowest BCUT2D eigenvalue weighted by molar-refractivity contribution is -0.119. The Labute approximate surface area is 182 Å². The Kier molecular flexibility index (Phi) is 7.31. The highest BCUT2D eigenvalue weighted by atomic mass is 79.9. The van der Waals surface area contributed by atoms with Gasteiger partial charge >= 0.3 is 5.97 Å². The Bertz CT molecular complexity index is 943. The van der Waals surface area contributed by atoms with Crippen molar-refractivity contribution in [3.05, 3.63) is 51.7 Å². The lowest BCUT2D eigenvalue weighted by Crippen LogP contribution is -2.22. The van der Waals surface area contributed by atoms with Gasteiger partial charge in [-0.2, -0.15) is 0 Å². The molecule has 8 heteroatoms. The third kappa shape index (κ3) is 5.11. The van der Waals surface area contributed by atoms with Gasteiger partial charge in [-0.05, 0) is 25.0 Å². The van der Waals surface area contributed by atoms with Crippen LogP contribution < -0.4 is 14.8 Å². The summed E-state index contributed by atoms with van der Waals surface area (Å²) in [5, 5.41) is 2.84. The van der Waals surface area contributed by atoms with Crippen LogP contribution in [0.3, 0.4) is 0 Å². The Morgan fingerprint density at radius 3 is 2.40 bits per heavy atom. The number of carbonyl (C=O) groups is 2. The zero-order valence-corrected chi connectivity index (χ0v) is 18.4. The van der Waals surface area contributed by atoms with Gasteiger partial charge in [-0.15, -0.1) is 0 Å². The highest BCUT2D eigenvalue weighted by Crippen LogP contribution is 2.35. The average Bonchev–Trinajstić information content (AvgIpc) is 3.27. The summed E-state index contributed by atoms with van der Waals surface area (Å²) in [5.41, 5.74) is 1.06. The van der Waals surface area contributed by atoms with Crippen molar-refractivity contribution in [2.45, 2.75) is 32.3 Å². The first kappa shape index (κ1) is 22.1. The van der Waals surface area contributed by atoms with E-state index >= 15 is 0 Å². The van der Waals surface area contributed by atoms with E-state index in [0.717, 1.165) is 25.7 Å². The molecule has 0 aromatic heterocycles. The van der Waals surface area contributed by atoms with E-state index in [1.54, 1.807) is 6.07 Å². The number of esters is 1. The van der Waals surface area contributed by atoms with Crippen molar-refractivity contribution >= 4 is 33.5 Å². The van der Waals surface area contributed by atoms with E-state index in [0.29, 0.717) is 27.2 Å². The van der Waals surface area contributed by atoms with Crippen LogP contribution in [0.25, 0.3) is 0 Å². The van der Waals surface area contributed by atoms with Crippen LogP contribution in [0, 0.1) is 11.7 Å². The lowest BCUT2D eigenvalue weighted by Gasteiger charge is -2.17. The highest BCUT2D eigenvalue weighted by molar-refractivity contribution is 9.10. The number of methoxy groups -OCH3 is 2. The second-order valence-corrected chi connectivity index (χ2v) is 7.89. The molecule has 160 valence electrons. The predicted octanol–water partition coefficient (Wildman–Crippen LogP) is 5.09. The Hall–Kier alpha value is -2.61. The van der Waals surface area contributed by atoms with Gasteiger partial charge in [-0.25, -0.2) is 9.18 Å². The Balaban J connectivity index is 1.84. The van der Waals surface area contributed by atoms with Crippen molar-refractivity contribution in [2.75, 3.05) is 19.5 Å². The number of ether oxygens (including phenoxy) is 3. The van der Waals surface area contributed by atoms with Gasteiger partial charge in [0.2, 0.25) is 5.91 Å². The van der Waals surface area contributed by atoms with Gasteiger partial charge in [0.1, 0.15) is 12.4 Å². The van der Waals surface area contributed by atoms with Crippen molar-refractivity contribution in [3.63, 3.8) is 0 Å². The molecule has 0 heterocycles. The number of anilines is 1. The van der Waals surface area contributed by atoms with Crippen LogP contribution in [0.2, 0.25) is 0 Å². The molecule has 0 aliphatic heterocycles. The smallest absolute Gasteiger partial charge is 0.340 e. The average molecular weight is 480 g/mol. The summed E-state index contributed by atoms with van der Waals surface area (Å²) >= 11 is 3.26. The zero-order valence-electron chi connectivity index (χ0n) is 16.8. The third-order valence-electron chi connectivity index (χ3n) is 5.10. The second kappa shape index (κ2) is 9.93. The molecule has 0 atom stereocenters. The van der Waals surface area contributed by atoms with Crippen LogP contribution in [0.15, 0.2) is 34.8 Å². The molecule has 0 saturated heterocycles. The van der Waals surface area contributed by atoms with E-state index < -0.39 is 11.8 Å². The zero-order chi connectivity index (χ0) is 21.7. The SMILES string of the molecule is COc1cc(NC(=O)C2CCCC2)c(C(=O)OCc2ccc(F)cc2Br)cc1OC. The molecule has 6 nitrogen and oxygen atoms in total. The summed E-state index contributed by atoms with van der Waals surface area (Å²) in [7, 11) is 2.93. The van der Waals surface area contributed by atoms with Crippen LogP contribution in [0.1, 0.15) is 41.6 Å². The quantitative estimate of drug-likeness (QED) is 0.559. The van der Waals surface area contributed by atoms with Crippen molar-refractivity contribution in [3.8, 4) is 11.5 Å². The number of rotatable bonds is 7. The highest BCUT2D eigenvalue weighted by Gasteiger charge is 2.26. The van der Waals surface area contributed by atoms with Crippen LogP contribution in [0.4, 0.5) is 10.1 Å². The van der Waals surface area contributed by atoms with Gasteiger partial charge in [0.15, 0.2) is 11.5 Å². The molecule has 1 aliphatic carbocycles. The summed E-state index contributed by atoms with van der Waals surface area (Å²) in [5.74, 6) is -0.516. The number of nitrogens with one attached hydrogen (secondary N) is 1. The van der Waals surface area contributed by atoms with Crippen molar-refractivity contribution in [2.24, 2.45) is 5.92 Å². The first-order valence-corrected chi connectivity index (χ1v) is 10.4. The van der Waals surface area contributed by atoms with E-state index in [1.807, 2.05) is 0 Å². The van der Waals surface area contributed by atoms with Gasteiger partial charge < -0.3 is 19.5 Å². The number of halogens is 2. The number of benzene rings is 2. The van der Waals surface area contributed by atoms with E-state index in [-0.39, 0.29) is 24.0 Å². The van der Waals surface area contributed by atoms with Gasteiger partial charge in [0, 0.05) is 28.1 Å². The number of hydrogen-bond acceptors (Lipinski definition) is 5. The number of amides is 1. The monoisotopic (exact) mass is 479 g/mol. The Morgan fingerprint density at radius 1 is 1.10 bits per heavy atom. The van der Waals surface area contributed by atoms with E-state index in [2.05, 4.69) is 21.2 Å². The van der Waals surface area contributed by atoms with Crippen LogP contribution in [0.5, 0.6) is 11.5 Å². The maximum Gasteiger partial charge on any atom is 0.340 e. The molecule has 1 amide bonds. The second-order valence-electron chi connectivity index (χ2n) is 7.04. The molecule has 0 spiro atoms. The predicted molar refractivity (Wildman–Crippen MR) is 113 cm³/mol. The maximum atomic E-state index is 13.3. The molecule has 3 rings (SSSR count). The minimum absolute atomic E-state index is 0.0654. The molecule has 1 saturated carbocycles. The first-order chi connectivity index (χ1) is 14.4. The maximum absolute atomic E-state index is 13.3. The summed E-state index contributed by atoms with van der Waals surface area (Å²) in [6, 6.07) is 7.15. The number of hydrogen-bond donors (Lipinski definition) is 1. The minimum atomic E-state index is -0.645. The fraction of sp³-hybridized carbons (Fsp3) is 0.364. The summed E-state index contributed by atoms with van der Waals surface area (Å²) in [6.45, 7) is -0.0654. The van der Waals surface area contributed by atoms with E-state index in [9.17, 15) is 14.0 Å². The molecule has 0 bridgehead atoms. The molecule has 1 aliphatic rings. The summed E-state index contributed by atoms with van der Waals surface area (Å²) in [4.78, 5) is 25.5. The fourth-order valence-corrected chi connectivity index (χ4v) is 3.90. The molecule has 0 radical (unpaired) electrons. The minimum Gasteiger partial charge on any atom is -0.493 e. The Morgan fingerprint density at radius 2 is 1.77 bits per heavy atom. The molecule has 0 unspecified atom stereocenters. The van der Waals surface area contributed by atoms with Gasteiger partial charge in [-0.1, -0.05) is 34.8 Å². The molecule has 2 aromatic carbocycles. The molecule has 2 aromatic rings. The molecular weight excluding hydrogens is 457 g/mol. The topological polar surface area (TPSA) is 73.9 Å². The largest absolute Gasteiger partial charge is 0.493 e. The van der Waals surface area contributed by atoms with Crippen molar-refractivity contribution in [1.29, 1.82) is 0 Å². The molecule has 1 N–H and O–H groups in total.